The summed E-state index contributed by atoms with van der Waals surface area (Å²) in [6.45, 7) is 0. The average Bonchev–Trinajstić information content (AvgIpc) is 3.53. The van der Waals surface area contributed by atoms with Crippen molar-refractivity contribution in [2.24, 2.45) is 0 Å². The van der Waals surface area contributed by atoms with Crippen molar-refractivity contribution in [1.82, 2.24) is 0 Å². The summed E-state index contributed by atoms with van der Waals surface area (Å²) in [6, 6.07) is 43.3. The Morgan fingerprint density at radius 2 is 1.16 bits per heavy atom. The fourth-order valence-corrected chi connectivity index (χ4v) is 8.15. The minimum atomic E-state index is 0.741. The van der Waals surface area contributed by atoms with Gasteiger partial charge < -0.3 is 4.90 Å². The zero-order valence-electron chi connectivity index (χ0n) is 20.2. The highest BCUT2D eigenvalue weighted by Crippen LogP contribution is 2.50. The van der Waals surface area contributed by atoms with Crippen LogP contribution < -0.4 is 4.90 Å². The third-order valence-corrected chi connectivity index (χ3v) is 9.87. The van der Waals surface area contributed by atoms with E-state index >= 15 is 0 Å². The first kappa shape index (κ1) is 22.1. The average molecular weight is 542 g/mol. The van der Waals surface area contributed by atoms with Gasteiger partial charge in [0.25, 0.3) is 0 Å². The Morgan fingerprint density at radius 3 is 2.05 bits per heavy atom. The van der Waals surface area contributed by atoms with Gasteiger partial charge >= 0.3 is 0 Å². The summed E-state index contributed by atoms with van der Waals surface area (Å²) < 4.78 is 5.09. The van der Waals surface area contributed by atoms with Crippen molar-refractivity contribution in [1.29, 1.82) is 0 Å². The first-order chi connectivity index (χ1) is 18.8. The summed E-state index contributed by atoms with van der Waals surface area (Å²) in [5.41, 5.74) is 3.21. The zero-order valence-corrected chi connectivity index (χ0v) is 22.6. The van der Waals surface area contributed by atoms with Gasteiger partial charge in [-0.3, -0.25) is 0 Å². The van der Waals surface area contributed by atoms with Crippen molar-refractivity contribution in [3.05, 3.63) is 126 Å². The number of halogens is 1. The van der Waals surface area contributed by atoms with Gasteiger partial charge in [-0.15, -0.1) is 22.7 Å². The fraction of sp³-hybridized carbons (Fsp3) is 0. The largest absolute Gasteiger partial charge is 0.308 e. The quantitative estimate of drug-likeness (QED) is 0.215. The number of fused-ring (bicyclic) bond motifs is 8. The van der Waals surface area contributed by atoms with E-state index < -0.39 is 0 Å². The van der Waals surface area contributed by atoms with Gasteiger partial charge in [-0.2, -0.15) is 0 Å². The standard InChI is InChI=1S/C34H20ClNS2/c35-27-17-19-30-33(32-24-11-5-4-8-21(24)14-18-29(32)38-30)34(27)36(22-9-2-1-3-10-22)23-15-16-26-25-12-6-7-13-28(25)37-31(26)20-23/h1-20H. The van der Waals surface area contributed by atoms with Crippen molar-refractivity contribution in [3.8, 4) is 0 Å². The van der Waals surface area contributed by atoms with Crippen molar-refractivity contribution < 1.29 is 0 Å². The summed E-state index contributed by atoms with van der Waals surface area (Å²) in [4.78, 5) is 2.34. The third kappa shape index (κ3) is 3.30. The topological polar surface area (TPSA) is 3.24 Å². The first-order valence-electron chi connectivity index (χ1n) is 12.6. The molecule has 1 nitrogen and oxygen atoms in total. The lowest BCUT2D eigenvalue weighted by Gasteiger charge is -2.27. The van der Waals surface area contributed by atoms with Crippen LogP contribution in [0.25, 0.3) is 51.1 Å². The van der Waals surface area contributed by atoms with E-state index in [9.17, 15) is 0 Å². The lowest BCUT2D eigenvalue weighted by Crippen LogP contribution is -2.10. The number of rotatable bonds is 3. The molecule has 2 heterocycles. The first-order valence-corrected chi connectivity index (χ1v) is 14.6. The van der Waals surface area contributed by atoms with E-state index in [0.29, 0.717) is 0 Å². The van der Waals surface area contributed by atoms with E-state index in [0.717, 1.165) is 22.1 Å². The normalized spacial score (nSPS) is 11.8. The maximum atomic E-state index is 7.15. The molecule has 0 saturated carbocycles. The Bertz CT molecular complexity index is 2160. The summed E-state index contributed by atoms with van der Waals surface area (Å²) in [7, 11) is 0. The van der Waals surface area contributed by atoms with Crippen molar-refractivity contribution >= 4 is 102 Å². The number of hydrogen-bond donors (Lipinski definition) is 0. The molecule has 0 aliphatic heterocycles. The van der Waals surface area contributed by atoms with E-state index in [4.69, 9.17) is 11.6 Å². The number of benzene rings is 6. The van der Waals surface area contributed by atoms with Gasteiger partial charge in [0, 0.05) is 51.7 Å². The lowest BCUT2D eigenvalue weighted by atomic mass is 10.0. The van der Waals surface area contributed by atoms with Gasteiger partial charge in [-0.05, 0) is 59.3 Å². The molecule has 6 aromatic carbocycles. The van der Waals surface area contributed by atoms with Crippen LogP contribution in [0.4, 0.5) is 17.1 Å². The van der Waals surface area contributed by atoms with E-state index in [1.54, 1.807) is 0 Å². The molecule has 0 saturated heterocycles. The molecule has 0 N–H and O–H groups in total. The molecule has 0 aliphatic carbocycles. The second-order valence-electron chi connectivity index (χ2n) is 9.48. The lowest BCUT2D eigenvalue weighted by molar-refractivity contribution is 1.31. The zero-order chi connectivity index (χ0) is 25.2. The van der Waals surface area contributed by atoms with Gasteiger partial charge in [0.05, 0.1) is 10.7 Å². The van der Waals surface area contributed by atoms with Gasteiger partial charge in [0.1, 0.15) is 0 Å². The van der Waals surface area contributed by atoms with Crippen molar-refractivity contribution in [2.45, 2.75) is 0 Å². The fourth-order valence-electron chi connectivity index (χ4n) is 5.64. The SMILES string of the molecule is Clc1ccc2sc3ccc4ccccc4c3c2c1N(c1ccccc1)c1ccc2c(c1)sc1ccccc12. The van der Waals surface area contributed by atoms with E-state index in [2.05, 4.69) is 120 Å². The predicted molar refractivity (Wildman–Crippen MR) is 169 cm³/mol. The Balaban J connectivity index is 1.49. The number of para-hydroxylation sites is 1. The smallest absolute Gasteiger partial charge is 0.0741 e. The van der Waals surface area contributed by atoms with E-state index in [-0.39, 0.29) is 0 Å². The summed E-state index contributed by atoms with van der Waals surface area (Å²) in [5, 5.41) is 8.31. The molecular weight excluding hydrogens is 522 g/mol. The van der Waals surface area contributed by atoms with Crippen molar-refractivity contribution in [2.75, 3.05) is 4.90 Å². The molecule has 0 amide bonds. The summed E-state index contributed by atoms with van der Waals surface area (Å²) in [5.74, 6) is 0. The number of nitrogens with zero attached hydrogens (tertiary/aromatic N) is 1. The van der Waals surface area contributed by atoms with Crippen LogP contribution >= 0.6 is 34.3 Å². The predicted octanol–water partition coefficient (Wildman–Crippen LogP) is 11.7. The summed E-state index contributed by atoms with van der Waals surface area (Å²) in [6.07, 6.45) is 0. The molecule has 8 rings (SSSR count). The van der Waals surface area contributed by atoms with Crippen LogP contribution in [0.15, 0.2) is 121 Å². The second-order valence-corrected chi connectivity index (χ2v) is 12.1. The minimum Gasteiger partial charge on any atom is -0.308 e. The Labute approximate surface area is 232 Å². The van der Waals surface area contributed by atoms with Crippen LogP contribution in [-0.4, -0.2) is 0 Å². The minimum absolute atomic E-state index is 0.741. The van der Waals surface area contributed by atoms with Crippen LogP contribution in [0.1, 0.15) is 0 Å². The monoisotopic (exact) mass is 541 g/mol. The van der Waals surface area contributed by atoms with Gasteiger partial charge in [0.2, 0.25) is 0 Å². The molecule has 8 aromatic rings. The molecule has 4 heteroatoms. The maximum absolute atomic E-state index is 7.15. The Hall–Kier alpha value is -3.89. The molecule has 2 aromatic heterocycles. The van der Waals surface area contributed by atoms with Gasteiger partial charge in [-0.25, -0.2) is 0 Å². The summed E-state index contributed by atoms with van der Waals surface area (Å²) >= 11 is 10.8. The molecule has 0 radical (unpaired) electrons. The molecule has 38 heavy (non-hydrogen) atoms. The Kier molecular flexibility index (Phi) is 4.99. The van der Waals surface area contributed by atoms with Crippen LogP contribution in [0.5, 0.6) is 0 Å². The van der Waals surface area contributed by atoms with Gasteiger partial charge in [-0.1, -0.05) is 84.4 Å². The molecule has 0 aliphatic rings. The highest BCUT2D eigenvalue weighted by Gasteiger charge is 2.23. The molecular formula is C34H20ClNS2. The van der Waals surface area contributed by atoms with E-state index in [1.165, 1.54) is 51.1 Å². The van der Waals surface area contributed by atoms with Crippen molar-refractivity contribution in [3.63, 3.8) is 0 Å². The van der Waals surface area contributed by atoms with Crippen LogP contribution in [-0.2, 0) is 0 Å². The molecule has 0 spiro atoms. The molecule has 0 bridgehead atoms. The van der Waals surface area contributed by atoms with Crippen LogP contribution in [0, 0.1) is 0 Å². The van der Waals surface area contributed by atoms with Crippen LogP contribution in [0.2, 0.25) is 5.02 Å². The molecule has 0 atom stereocenters. The number of anilines is 3. The number of hydrogen-bond acceptors (Lipinski definition) is 3. The van der Waals surface area contributed by atoms with E-state index in [1.807, 2.05) is 28.7 Å². The number of thiophene rings is 2. The second kappa shape index (κ2) is 8.57. The highest BCUT2D eigenvalue weighted by atomic mass is 35.5. The maximum Gasteiger partial charge on any atom is 0.0741 e. The third-order valence-electron chi connectivity index (χ3n) is 7.31. The van der Waals surface area contributed by atoms with Crippen LogP contribution in [0.3, 0.4) is 0 Å². The highest BCUT2D eigenvalue weighted by molar-refractivity contribution is 7.26. The van der Waals surface area contributed by atoms with Gasteiger partial charge in [0.15, 0.2) is 0 Å². The molecule has 180 valence electrons. The molecule has 0 unspecified atom stereocenters. The Morgan fingerprint density at radius 1 is 0.474 bits per heavy atom. The molecule has 0 fully saturated rings.